The van der Waals surface area contributed by atoms with Crippen LogP contribution in [-0.4, -0.2) is 43.7 Å². The van der Waals surface area contributed by atoms with Crippen molar-refractivity contribution in [2.24, 2.45) is 0 Å². The number of hydrogen-bond donors (Lipinski definition) is 0. The molecule has 0 aromatic carbocycles. The Morgan fingerprint density at radius 1 is 1.26 bits per heavy atom. The molecule has 19 heavy (non-hydrogen) atoms. The summed E-state index contributed by atoms with van der Waals surface area (Å²) in [6.45, 7) is 4.10. The van der Waals surface area contributed by atoms with Crippen LogP contribution in [0.15, 0.2) is 18.3 Å². The Balaban J connectivity index is 2.87. The van der Waals surface area contributed by atoms with Gasteiger partial charge in [-0.1, -0.05) is 0 Å². The minimum atomic E-state index is -0.457. The molecule has 0 fully saturated rings. The summed E-state index contributed by atoms with van der Waals surface area (Å²) >= 11 is 0. The number of likely N-dealkylation sites (N-methyl/N-ethyl adjacent to an activating group) is 1. The first-order valence-corrected chi connectivity index (χ1v) is 6.09. The fourth-order valence-electron chi connectivity index (χ4n) is 1.54. The van der Waals surface area contributed by atoms with Crippen LogP contribution in [0.3, 0.4) is 0 Å². The van der Waals surface area contributed by atoms with Gasteiger partial charge in [0.1, 0.15) is 17.9 Å². The van der Waals surface area contributed by atoms with Gasteiger partial charge in [-0.25, -0.2) is 9.78 Å². The average Bonchev–Trinajstić information content (AvgIpc) is 2.39. The summed E-state index contributed by atoms with van der Waals surface area (Å²) in [4.78, 5) is 28.9. The van der Waals surface area contributed by atoms with Crippen LogP contribution in [0.4, 0.5) is 5.82 Å². The van der Waals surface area contributed by atoms with E-state index in [1.54, 1.807) is 44.1 Å². The van der Waals surface area contributed by atoms with Crippen LogP contribution in [0, 0.1) is 0 Å². The van der Waals surface area contributed by atoms with E-state index in [1.165, 1.54) is 0 Å². The summed E-state index contributed by atoms with van der Waals surface area (Å²) in [5.74, 6) is -0.430. The second kappa shape index (κ2) is 7.35. The quantitative estimate of drug-likeness (QED) is 0.722. The highest BCUT2D eigenvalue weighted by molar-refractivity contribution is 5.95. The molecule has 0 aliphatic heterocycles. The van der Waals surface area contributed by atoms with Gasteiger partial charge in [-0.15, -0.1) is 0 Å². The van der Waals surface area contributed by atoms with Gasteiger partial charge in [0.15, 0.2) is 0 Å². The maximum absolute atomic E-state index is 11.8. The number of hydrogen-bond acceptors (Lipinski definition) is 6. The lowest BCUT2D eigenvalue weighted by Crippen LogP contribution is -2.29. The molecular weight excluding hydrogens is 248 g/mol. The number of nitrogens with zero attached hydrogens (tertiary/aromatic N) is 2. The number of ether oxygens (including phenoxy) is 2. The van der Waals surface area contributed by atoms with Crippen LogP contribution in [0.5, 0.6) is 0 Å². The third-order valence-corrected chi connectivity index (χ3v) is 2.32. The summed E-state index contributed by atoms with van der Waals surface area (Å²) in [7, 11) is 1.67. The van der Waals surface area contributed by atoms with Gasteiger partial charge in [-0.05, 0) is 26.0 Å². The second-order valence-electron chi connectivity index (χ2n) is 3.76. The fraction of sp³-hybridized carbons (Fsp3) is 0.462. The van der Waals surface area contributed by atoms with Gasteiger partial charge in [-0.3, -0.25) is 4.79 Å². The molecule has 1 heterocycles. The molecule has 0 atom stereocenters. The first-order valence-electron chi connectivity index (χ1n) is 6.09. The van der Waals surface area contributed by atoms with Crippen LogP contribution >= 0.6 is 0 Å². The SMILES string of the molecule is CCOC(=O)CN(C)c1ncccc1C(=O)OCC. The summed E-state index contributed by atoms with van der Waals surface area (Å²) in [6.07, 6.45) is 1.56. The van der Waals surface area contributed by atoms with E-state index in [0.29, 0.717) is 18.0 Å². The van der Waals surface area contributed by atoms with E-state index in [2.05, 4.69) is 4.98 Å². The third-order valence-electron chi connectivity index (χ3n) is 2.32. The van der Waals surface area contributed by atoms with E-state index in [1.807, 2.05) is 0 Å². The minimum Gasteiger partial charge on any atom is -0.465 e. The molecule has 1 aromatic heterocycles. The van der Waals surface area contributed by atoms with Crippen molar-refractivity contribution in [1.29, 1.82) is 0 Å². The molecule has 0 unspecified atom stereocenters. The Morgan fingerprint density at radius 3 is 2.58 bits per heavy atom. The van der Waals surface area contributed by atoms with Crippen molar-refractivity contribution in [2.75, 3.05) is 31.7 Å². The maximum Gasteiger partial charge on any atom is 0.341 e. The van der Waals surface area contributed by atoms with Crippen molar-refractivity contribution in [3.63, 3.8) is 0 Å². The molecule has 0 aliphatic rings. The summed E-state index contributed by atoms with van der Waals surface area (Å²) in [6, 6.07) is 3.26. The second-order valence-corrected chi connectivity index (χ2v) is 3.76. The summed E-state index contributed by atoms with van der Waals surface area (Å²) < 4.78 is 9.81. The number of esters is 2. The molecule has 0 amide bonds. The van der Waals surface area contributed by atoms with E-state index in [-0.39, 0.29) is 19.1 Å². The highest BCUT2D eigenvalue weighted by Crippen LogP contribution is 2.16. The standard InChI is InChI=1S/C13H18N2O4/c1-4-18-11(16)9-15(3)12-10(7-6-8-14-12)13(17)19-5-2/h6-8H,4-5,9H2,1-3H3. The molecule has 1 aromatic rings. The molecule has 0 saturated heterocycles. The monoisotopic (exact) mass is 266 g/mol. The van der Waals surface area contributed by atoms with Gasteiger partial charge in [-0.2, -0.15) is 0 Å². The van der Waals surface area contributed by atoms with Crippen LogP contribution in [0.25, 0.3) is 0 Å². The van der Waals surface area contributed by atoms with Crippen molar-refractivity contribution in [3.8, 4) is 0 Å². The van der Waals surface area contributed by atoms with Crippen LogP contribution < -0.4 is 4.90 Å². The highest BCUT2D eigenvalue weighted by atomic mass is 16.5. The summed E-state index contributed by atoms with van der Waals surface area (Å²) in [5.41, 5.74) is 0.330. The van der Waals surface area contributed by atoms with E-state index in [0.717, 1.165) is 0 Å². The average molecular weight is 266 g/mol. The predicted octanol–water partition coefficient (Wildman–Crippen LogP) is 1.26. The van der Waals surface area contributed by atoms with Crippen molar-refractivity contribution in [2.45, 2.75) is 13.8 Å². The van der Waals surface area contributed by atoms with Crippen molar-refractivity contribution < 1.29 is 19.1 Å². The van der Waals surface area contributed by atoms with Crippen molar-refractivity contribution in [3.05, 3.63) is 23.9 Å². The van der Waals surface area contributed by atoms with E-state index >= 15 is 0 Å². The largest absolute Gasteiger partial charge is 0.465 e. The van der Waals surface area contributed by atoms with Crippen LogP contribution in [0.2, 0.25) is 0 Å². The molecule has 0 bridgehead atoms. The molecule has 0 radical (unpaired) electrons. The molecule has 0 spiro atoms. The molecule has 6 nitrogen and oxygen atoms in total. The molecule has 1 rings (SSSR count). The van der Waals surface area contributed by atoms with E-state index in [9.17, 15) is 9.59 Å². The molecular formula is C13H18N2O4. The molecule has 6 heteroatoms. The van der Waals surface area contributed by atoms with Gasteiger partial charge in [0.2, 0.25) is 0 Å². The van der Waals surface area contributed by atoms with E-state index < -0.39 is 5.97 Å². The smallest absolute Gasteiger partial charge is 0.341 e. The lowest BCUT2D eigenvalue weighted by atomic mass is 10.2. The topological polar surface area (TPSA) is 68.7 Å². The van der Waals surface area contributed by atoms with Crippen molar-refractivity contribution >= 4 is 17.8 Å². The van der Waals surface area contributed by atoms with Crippen molar-refractivity contribution in [1.82, 2.24) is 4.98 Å². The highest BCUT2D eigenvalue weighted by Gasteiger charge is 2.18. The zero-order chi connectivity index (χ0) is 14.3. The van der Waals surface area contributed by atoms with Gasteiger partial charge in [0.05, 0.1) is 13.2 Å². The third kappa shape index (κ3) is 4.24. The first kappa shape index (κ1) is 14.9. The van der Waals surface area contributed by atoms with Gasteiger partial charge < -0.3 is 14.4 Å². The Kier molecular flexibility index (Phi) is 5.78. The van der Waals surface area contributed by atoms with Crippen LogP contribution in [0.1, 0.15) is 24.2 Å². The first-order chi connectivity index (χ1) is 9.10. The molecule has 0 aliphatic carbocycles. The number of carbonyl (C=O) groups is 2. The molecule has 104 valence electrons. The summed E-state index contributed by atoms with van der Waals surface area (Å²) in [5, 5.41) is 0. The Bertz CT molecular complexity index is 448. The van der Waals surface area contributed by atoms with Gasteiger partial charge in [0, 0.05) is 13.2 Å². The zero-order valence-electron chi connectivity index (χ0n) is 11.4. The molecule has 0 saturated carbocycles. The number of carbonyl (C=O) groups excluding carboxylic acids is 2. The zero-order valence-corrected chi connectivity index (χ0v) is 11.4. The minimum absolute atomic E-state index is 0.0251. The van der Waals surface area contributed by atoms with Crippen LogP contribution in [-0.2, 0) is 14.3 Å². The lowest BCUT2D eigenvalue weighted by Gasteiger charge is -2.19. The van der Waals surface area contributed by atoms with Gasteiger partial charge >= 0.3 is 11.9 Å². The fourth-order valence-corrected chi connectivity index (χ4v) is 1.54. The van der Waals surface area contributed by atoms with E-state index in [4.69, 9.17) is 9.47 Å². The Morgan fingerprint density at radius 2 is 1.95 bits per heavy atom. The lowest BCUT2D eigenvalue weighted by molar-refractivity contribution is -0.141. The predicted molar refractivity (Wildman–Crippen MR) is 70.1 cm³/mol. The number of anilines is 1. The number of pyridine rings is 1. The molecule has 0 N–H and O–H groups in total. The number of aromatic nitrogens is 1. The maximum atomic E-state index is 11.8. The Hall–Kier alpha value is -2.11. The number of rotatable bonds is 6. The normalized spacial score (nSPS) is 9.84. The van der Waals surface area contributed by atoms with Gasteiger partial charge in [0.25, 0.3) is 0 Å². The Labute approximate surface area is 112 Å².